The van der Waals surface area contributed by atoms with Gasteiger partial charge in [0.1, 0.15) is 5.82 Å². The Morgan fingerprint density at radius 3 is 2.72 bits per heavy atom. The number of nitrogens with one attached hydrogen (secondary N) is 2. The third-order valence-corrected chi connectivity index (χ3v) is 4.86. The van der Waals surface area contributed by atoms with Crippen molar-refractivity contribution in [3.8, 4) is 0 Å². The van der Waals surface area contributed by atoms with Crippen LogP contribution in [0.3, 0.4) is 0 Å². The van der Waals surface area contributed by atoms with E-state index in [0.717, 1.165) is 31.7 Å². The Bertz CT molecular complexity index is 668. The van der Waals surface area contributed by atoms with Gasteiger partial charge in [0.05, 0.1) is 5.56 Å². The van der Waals surface area contributed by atoms with Crippen molar-refractivity contribution in [2.24, 2.45) is 5.92 Å². The molecule has 136 valence electrons. The van der Waals surface area contributed by atoms with Crippen LogP contribution in [0.1, 0.15) is 43.0 Å². The van der Waals surface area contributed by atoms with Crippen molar-refractivity contribution >= 4 is 33.8 Å². The molecule has 0 radical (unpaired) electrons. The zero-order chi connectivity index (χ0) is 18.4. The van der Waals surface area contributed by atoms with Gasteiger partial charge in [-0.3, -0.25) is 10.1 Å². The molecule has 1 aromatic carbocycles. The summed E-state index contributed by atoms with van der Waals surface area (Å²) in [5.74, 6) is -1.84. The van der Waals surface area contributed by atoms with E-state index in [-0.39, 0.29) is 11.6 Å². The van der Waals surface area contributed by atoms with Gasteiger partial charge in [0.15, 0.2) is 6.61 Å². The Kier molecular flexibility index (Phi) is 6.92. The lowest BCUT2D eigenvalue weighted by molar-refractivity contribution is -0.123. The Morgan fingerprint density at radius 1 is 1.28 bits per heavy atom. The number of carbonyl (C=O) groups excluding carboxylic acids is 3. The van der Waals surface area contributed by atoms with Crippen molar-refractivity contribution in [3.63, 3.8) is 0 Å². The first-order valence-corrected chi connectivity index (χ1v) is 8.88. The summed E-state index contributed by atoms with van der Waals surface area (Å²) >= 11 is 3.11. The Labute approximate surface area is 153 Å². The van der Waals surface area contributed by atoms with E-state index in [4.69, 9.17) is 4.74 Å². The van der Waals surface area contributed by atoms with E-state index in [2.05, 4.69) is 33.5 Å². The van der Waals surface area contributed by atoms with Gasteiger partial charge in [-0.25, -0.2) is 14.0 Å². The van der Waals surface area contributed by atoms with Crippen LogP contribution in [0.2, 0.25) is 0 Å². The van der Waals surface area contributed by atoms with Crippen LogP contribution in [0.5, 0.6) is 0 Å². The molecule has 2 N–H and O–H groups in total. The van der Waals surface area contributed by atoms with Crippen molar-refractivity contribution in [1.29, 1.82) is 0 Å². The van der Waals surface area contributed by atoms with Gasteiger partial charge in [-0.05, 0) is 52.9 Å². The summed E-state index contributed by atoms with van der Waals surface area (Å²) < 4.78 is 18.3. The van der Waals surface area contributed by atoms with Crippen molar-refractivity contribution in [1.82, 2.24) is 10.6 Å². The zero-order valence-corrected chi connectivity index (χ0v) is 15.4. The van der Waals surface area contributed by atoms with Gasteiger partial charge in [-0.1, -0.05) is 19.8 Å². The number of urea groups is 1. The lowest BCUT2D eigenvalue weighted by Gasteiger charge is -2.29. The number of esters is 1. The highest BCUT2D eigenvalue weighted by molar-refractivity contribution is 9.10. The van der Waals surface area contributed by atoms with E-state index < -0.39 is 30.3 Å². The lowest BCUT2D eigenvalue weighted by Crippen LogP contribution is -2.48. The molecule has 2 rings (SSSR count). The summed E-state index contributed by atoms with van der Waals surface area (Å²) in [4.78, 5) is 35.4. The highest BCUT2D eigenvalue weighted by atomic mass is 79.9. The average molecular weight is 415 g/mol. The van der Waals surface area contributed by atoms with Gasteiger partial charge in [-0.2, -0.15) is 0 Å². The van der Waals surface area contributed by atoms with E-state index in [9.17, 15) is 18.8 Å². The van der Waals surface area contributed by atoms with Crippen LogP contribution in [0, 0.1) is 11.7 Å². The standard InChI is InChI=1S/C17H20BrFN2O4/c1-10-4-2-3-5-14(10)20-17(24)21-15(22)9-25-16(23)12-8-11(19)6-7-13(12)18/h6-8,10,14H,2-5,9H2,1H3,(H2,20,21,22,24)/t10-,14+/m1/s1. The van der Waals surface area contributed by atoms with Crippen molar-refractivity contribution in [3.05, 3.63) is 34.1 Å². The maximum atomic E-state index is 13.2. The molecule has 1 aliphatic rings. The van der Waals surface area contributed by atoms with E-state index in [1.165, 1.54) is 12.1 Å². The molecule has 0 saturated heterocycles. The minimum Gasteiger partial charge on any atom is -0.452 e. The van der Waals surface area contributed by atoms with Crippen molar-refractivity contribution < 1.29 is 23.5 Å². The number of amides is 3. The molecule has 0 unspecified atom stereocenters. The molecule has 1 aliphatic carbocycles. The quantitative estimate of drug-likeness (QED) is 0.741. The van der Waals surface area contributed by atoms with Crippen molar-refractivity contribution in [2.45, 2.75) is 38.6 Å². The minimum atomic E-state index is -0.858. The molecule has 0 spiro atoms. The van der Waals surface area contributed by atoms with Crippen molar-refractivity contribution in [2.75, 3.05) is 6.61 Å². The van der Waals surface area contributed by atoms with Gasteiger partial charge in [0.2, 0.25) is 0 Å². The topological polar surface area (TPSA) is 84.5 Å². The molecule has 3 amide bonds. The summed E-state index contributed by atoms with van der Waals surface area (Å²) in [6.07, 6.45) is 4.11. The fraction of sp³-hybridized carbons (Fsp3) is 0.471. The van der Waals surface area contributed by atoms with Gasteiger partial charge in [-0.15, -0.1) is 0 Å². The van der Waals surface area contributed by atoms with Crippen LogP contribution in [0.15, 0.2) is 22.7 Å². The summed E-state index contributed by atoms with van der Waals surface area (Å²) in [6.45, 7) is 1.43. The molecule has 0 aliphatic heterocycles. The monoisotopic (exact) mass is 414 g/mol. The number of hydrogen-bond acceptors (Lipinski definition) is 4. The van der Waals surface area contributed by atoms with Crippen LogP contribution in [-0.4, -0.2) is 30.6 Å². The summed E-state index contributed by atoms with van der Waals surface area (Å²) in [5.41, 5.74) is -0.0340. The lowest BCUT2D eigenvalue weighted by atomic mass is 9.86. The number of ether oxygens (including phenoxy) is 1. The molecule has 1 saturated carbocycles. The highest BCUT2D eigenvalue weighted by Gasteiger charge is 2.23. The van der Waals surface area contributed by atoms with E-state index in [1.54, 1.807) is 0 Å². The van der Waals surface area contributed by atoms with Gasteiger partial charge in [0.25, 0.3) is 5.91 Å². The number of rotatable bonds is 4. The Balaban J connectivity index is 1.79. The fourth-order valence-electron chi connectivity index (χ4n) is 2.76. The SMILES string of the molecule is C[C@@H]1CCCC[C@@H]1NC(=O)NC(=O)COC(=O)c1cc(F)ccc1Br. The predicted octanol–water partition coefficient (Wildman–Crippen LogP) is 3.15. The summed E-state index contributed by atoms with van der Waals surface area (Å²) in [5, 5.41) is 4.90. The number of hydrogen-bond donors (Lipinski definition) is 2. The smallest absolute Gasteiger partial charge is 0.339 e. The number of imide groups is 1. The average Bonchev–Trinajstić information content (AvgIpc) is 2.57. The molecule has 0 heterocycles. The highest BCUT2D eigenvalue weighted by Crippen LogP contribution is 2.23. The Morgan fingerprint density at radius 2 is 2.00 bits per heavy atom. The largest absolute Gasteiger partial charge is 0.452 e. The van der Waals surface area contributed by atoms with Crippen LogP contribution in [0.4, 0.5) is 9.18 Å². The first-order chi connectivity index (χ1) is 11.9. The van der Waals surface area contributed by atoms with Crippen LogP contribution >= 0.6 is 15.9 Å². The van der Waals surface area contributed by atoms with E-state index >= 15 is 0 Å². The van der Waals surface area contributed by atoms with E-state index in [0.29, 0.717) is 10.4 Å². The second-order valence-corrected chi connectivity index (χ2v) is 6.94. The number of carbonyl (C=O) groups is 3. The summed E-state index contributed by atoms with van der Waals surface area (Å²) in [7, 11) is 0. The maximum Gasteiger partial charge on any atom is 0.339 e. The van der Waals surface area contributed by atoms with Crippen LogP contribution < -0.4 is 10.6 Å². The second-order valence-electron chi connectivity index (χ2n) is 6.09. The number of benzene rings is 1. The normalized spacial score (nSPS) is 19.8. The molecule has 0 aromatic heterocycles. The second kappa shape index (κ2) is 8.94. The van der Waals surface area contributed by atoms with E-state index in [1.807, 2.05) is 0 Å². The fourth-order valence-corrected chi connectivity index (χ4v) is 3.17. The molecule has 2 atom stereocenters. The third-order valence-electron chi connectivity index (χ3n) is 4.16. The molecule has 0 bridgehead atoms. The van der Waals surface area contributed by atoms with Gasteiger partial charge in [0, 0.05) is 10.5 Å². The first-order valence-electron chi connectivity index (χ1n) is 8.09. The van der Waals surface area contributed by atoms with Gasteiger partial charge >= 0.3 is 12.0 Å². The Hall–Kier alpha value is -1.96. The van der Waals surface area contributed by atoms with Crippen LogP contribution in [0.25, 0.3) is 0 Å². The predicted molar refractivity (Wildman–Crippen MR) is 92.5 cm³/mol. The molecule has 1 fully saturated rings. The molecule has 1 aromatic rings. The maximum absolute atomic E-state index is 13.2. The van der Waals surface area contributed by atoms with Crippen LogP contribution in [-0.2, 0) is 9.53 Å². The molecule has 8 heteroatoms. The molecular formula is C17H20BrFN2O4. The first kappa shape index (κ1) is 19.4. The minimum absolute atomic E-state index is 0.0340. The number of halogens is 2. The molecular weight excluding hydrogens is 395 g/mol. The molecule has 6 nitrogen and oxygen atoms in total. The summed E-state index contributed by atoms with van der Waals surface area (Å²) in [6, 6.07) is 2.98. The van der Waals surface area contributed by atoms with Gasteiger partial charge < -0.3 is 10.1 Å². The zero-order valence-electron chi connectivity index (χ0n) is 13.8. The third kappa shape index (κ3) is 5.81. The molecule has 25 heavy (non-hydrogen) atoms.